The van der Waals surface area contributed by atoms with Gasteiger partial charge in [0.05, 0.1) is 5.52 Å². The summed E-state index contributed by atoms with van der Waals surface area (Å²) in [6, 6.07) is 5.45. The summed E-state index contributed by atoms with van der Waals surface area (Å²) in [6.45, 7) is 0. The van der Waals surface area contributed by atoms with Crippen molar-refractivity contribution in [3.63, 3.8) is 0 Å². The molecule has 1 amide bonds. The number of nitrogens with zero attached hydrogens (tertiary/aromatic N) is 1. The van der Waals surface area contributed by atoms with E-state index in [9.17, 15) is 4.79 Å². The Morgan fingerprint density at radius 1 is 1.38 bits per heavy atom. The van der Waals surface area contributed by atoms with Gasteiger partial charge in [0.2, 0.25) is 0 Å². The summed E-state index contributed by atoms with van der Waals surface area (Å²) in [4.78, 5) is 16.4. The van der Waals surface area contributed by atoms with E-state index in [4.69, 9.17) is 5.73 Å². The van der Waals surface area contributed by atoms with Gasteiger partial charge in [0.15, 0.2) is 0 Å². The lowest BCUT2D eigenvalue weighted by atomic mass is 10.2. The van der Waals surface area contributed by atoms with Crippen molar-refractivity contribution >= 4 is 38.4 Å². The lowest BCUT2D eigenvalue weighted by Gasteiger charge is -2.07. The van der Waals surface area contributed by atoms with Gasteiger partial charge in [-0.05, 0) is 34.1 Å². The Bertz CT molecular complexity index is 560. The van der Waals surface area contributed by atoms with Crippen molar-refractivity contribution in [2.45, 2.75) is 0 Å². The minimum absolute atomic E-state index is 0.0540. The second kappa shape index (κ2) is 3.83. The molecular weight excluding hydrogens is 270 g/mol. The smallest absolute Gasteiger partial charge is 0.269 e. The van der Waals surface area contributed by atoms with Gasteiger partial charge in [0.25, 0.3) is 5.91 Å². The zero-order valence-corrected chi connectivity index (χ0v) is 10.6. The van der Waals surface area contributed by atoms with E-state index in [-0.39, 0.29) is 5.91 Å². The maximum absolute atomic E-state index is 11.8. The first-order valence-corrected chi connectivity index (χ1v) is 5.57. The van der Waals surface area contributed by atoms with Gasteiger partial charge in [-0.1, -0.05) is 0 Å². The van der Waals surface area contributed by atoms with Crippen molar-refractivity contribution in [1.82, 2.24) is 9.88 Å². The third-order valence-electron chi connectivity index (χ3n) is 2.34. The number of rotatable bonds is 1. The molecule has 0 aliphatic carbocycles. The molecular formula is C11H12BrN3O. The van der Waals surface area contributed by atoms with Crippen molar-refractivity contribution in [2.24, 2.45) is 0 Å². The van der Waals surface area contributed by atoms with E-state index in [2.05, 4.69) is 20.9 Å². The number of fused-ring (bicyclic) bond motifs is 1. The number of hydrogen-bond donors (Lipinski definition) is 2. The minimum atomic E-state index is -0.0540. The van der Waals surface area contributed by atoms with Crippen molar-refractivity contribution in [3.05, 3.63) is 28.4 Å². The van der Waals surface area contributed by atoms with Crippen LogP contribution in [0.2, 0.25) is 0 Å². The Labute approximate surface area is 102 Å². The van der Waals surface area contributed by atoms with Gasteiger partial charge in [-0.25, -0.2) is 0 Å². The maximum Gasteiger partial charge on any atom is 0.269 e. The van der Waals surface area contributed by atoms with Crippen molar-refractivity contribution in [2.75, 3.05) is 19.8 Å². The highest BCUT2D eigenvalue weighted by Gasteiger charge is 2.12. The van der Waals surface area contributed by atoms with Crippen molar-refractivity contribution in [3.8, 4) is 0 Å². The number of halogens is 1. The van der Waals surface area contributed by atoms with Gasteiger partial charge in [0, 0.05) is 29.6 Å². The van der Waals surface area contributed by atoms with Crippen molar-refractivity contribution in [1.29, 1.82) is 0 Å². The SMILES string of the molecule is CN(C)C(=O)c1cc2cc(N)cc(Br)c2[nH]1. The van der Waals surface area contributed by atoms with Crippen LogP contribution in [-0.2, 0) is 0 Å². The quantitative estimate of drug-likeness (QED) is 0.788. The van der Waals surface area contributed by atoms with Gasteiger partial charge >= 0.3 is 0 Å². The van der Waals surface area contributed by atoms with Crippen LogP contribution < -0.4 is 5.73 Å². The molecule has 1 aromatic carbocycles. The molecule has 0 spiro atoms. The fourth-order valence-corrected chi connectivity index (χ4v) is 2.17. The van der Waals surface area contributed by atoms with E-state index in [1.54, 1.807) is 20.2 Å². The summed E-state index contributed by atoms with van der Waals surface area (Å²) in [7, 11) is 3.44. The second-order valence-electron chi connectivity index (χ2n) is 3.85. The average molecular weight is 282 g/mol. The summed E-state index contributed by atoms with van der Waals surface area (Å²) in [5.74, 6) is -0.0540. The van der Waals surface area contributed by atoms with E-state index >= 15 is 0 Å². The highest BCUT2D eigenvalue weighted by Crippen LogP contribution is 2.27. The largest absolute Gasteiger partial charge is 0.399 e. The molecule has 0 atom stereocenters. The lowest BCUT2D eigenvalue weighted by molar-refractivity contribution is 0.0823. The summed E-state index contributed by atoms with van der Waals surface area (Å²) < 4.78 is 0.861. The normalized spacial score (nSPS) is 10.7. The third kappa shape index (κ3) is 1.78. The molecule has 1 heterocycles. The molecule has 5 heteroatoms. The highest BCUT2D eigenvalue weighted by molar-refractivity contribution is 9.10. The molecule has 84 valence electrons. The van der Waals surface area contributed by atoms with E-state index in [0.29, 0.717) is 11.4 Å². The molecule has 0 aliphatic heterocycles. The van der Waals surface area contributed by atoms with Gasteiger partial charge in [-0.3, -0.25) is 4.79 Å². The molecule has 16 heavy (non-hydrogen) atoms. The summed E-state index contributed by atoms with van der Waals surface area (Å²) in [6.07, 6.45) is 0. The first kappa shape index (κ1) is 11.0. The number of carbonyl (C=O) groups is 1. The predicted octanol–water partition coefficient (Wildman–Crippen LogP) is 2.21. The number of hydrogen-bond acceptors (Lipinski definition) is 2. The maximum atomic E-state index is 11.8. The molecule has 0 fully saturated rings. The first-order valence-electron chi connectivity index (χ1n) is 4.78. The van der Waals surface area contributed by atoms with Crippen LogP contribution in [0.1, 0.15) is 10.5 Å². The number of nitrogens with one attached hydrogen (secondary N) is 1. The first-order chi connectivity index (χ1) is 7.49. The molecule has 2 rings (SSSR count). The van der Waals surface area contributed by atoms with Crippen molar-refractivity contribution < 1.29 is 4.79 Å². The summed E-state index contributed by atoms with van der Waals surface area (Å²) >= 11 is 3.41. The van der Waals surface area contributed by atoms with Gasteiger partial charge in [0.1, 0.15) is 5.69 Å². The molecule has 2 aromatic rings. The van der Waals surface area contributed by atoms with Crippen LogP contribution in [0.25, 0.3) is 10.9 Å². The number of H-pyrrole nitrogens is 1. The predicted molar refractivity (Wildman–Crippen MR) is 68.4 cm³/mol. The third-order valence-corrected chi connectivity index (χ3v) is 2.96. The Morgan fingerprint density at radius 2 is 2.06 bits per heavy atom. The molecule has 0 radical (unpaired) electrons. The minimum Gasteiger partial charge on any atom is -0.399 e. The van der Waals surface area contributed by atoms with Gasteiger partial charge in [-0.15, -0.1) is 0 Å². The number of aromatic nitrogens is 1. The van der Waals surface area contributed by atoms with Crippen LogP contribution in [0.15, 0.2) is 22.7 Å². The number of aromatic amines is 1. The van der Waals surface area contributed by atoms with Crippen LogP contribution in [-0.4, -0.2) is 29.9 Å². The standard InChI is InChI=1S/C11H12BrN3O/c1-15(2)11(16)9-4-6-3-7(13)5-8(12)10(6)14-9/h3-5,14H,13H2,1-2H3. The lowest BCUT2D eigenvalue weighted by Crippen LogP contribution is -2.21. The zero-order valence-electron chi connectivity index (χ0n) is 9.04. The Morgan fingerprint density at radius 3 is 2.69 bits per heavy atom. The Balaban J connectivity index is 2.60. The van der Waals surface area contributed by atoms with Gasteiger partial charge in [-0.2, -0.15) is 0 Å². The van der Waals surface area contributed by atoms with Gasteiger partial charge < -0.3 is 15.6 Å². The molecule has 3 N–H and O–H groups in total. The topological polar surface area (TPSA) is 62.1 Å². The van der Waals surface area contributed by atoms with E-state index < -0.39 is 0 Å². The summed E-state index contributed by atoms with van der Waals surface area (Å²) in [5.41, 5.74) is 7.85. The van der Waals surface area contributed by atoms with Crippen LogP contribution in [0.3, 0.4) is 0 Å². The second-order valence-corrected chi connectivity index (χ2v) is 4.70. The molecule has 0 aliphatic rings. The van der Waals surface area contributed by atoms with E-state index in [1.807, 2.05) is 12.1 Å². The highest BCUT2D eigenvalue weighted by atomic mass is 79.9. The monoisotopic (exact) mass is 281 g/mol. The van der Waals surface area contributed by atoms with Crippen LogP contribution in [0.4, 0.5) is 5.69 Å². The molecule has 0 saturated carbocycles. The van der Waals surface area contributed by atoms with Crippen LogP contribution in [0.5, 0.6) is 0 Å². The molecule has 4 nitrogen and oxygen atoms in total. The number of nitrogen functional groups attached to an aromatic ring is 1. The fraction of sp³-hybridized carbons (Fsp3) is 0.182. The van der Waals surface area contributed by atoms with Crippen LogP contribution in [0, 0.1) is 0 Å². The number of benzene rings is 1. The number of nitrogens with two attached hydrogens (primary N) is 1. The molecule has 1 aromatic heterocycles. The molecule has 0 bridgehead atoms. The molecule has 0 unspecified atom stereocenters. The number of carbonyl (C=O) groups excluding carboxylic acids is 1. The zero-order chi connectivity index (χ0) is 11.9. The number of anilines is 1. The van der Waals surface area contributed by atoms with E-state index in [1.165, 1.54) is 4.90 Å². The van der Waals surface area contributed by atoms with Crippen LogP contribution >= 0.6 is 15.9 Å². The summed E-state index contributed by atoms with van der Waals surface area (Å²) in [5, 5.41) is 0.928. The molecule has 0 saturated heterocycles. The Hall–Kier alpha value is -1.49. The average Bonchev–Trinajstić information content (AvgIpc) is 2.60. The fourth-order valence-electron chi connectivity index (χ4n) is 1.58. The van der Waals surface area contributed by atoms with E-state index in [0.717, 1.165) is 15.4 Å². The Kier molecular flexibility index (Phi) is 2.63. The number of amides is 1.